The molecule has 0 fully saturated rings. The zero-order chi connectivity index (χ0) is 23.2. The number of carbonyl (C=O) groups is 1. The Kier molecular flexibility index (Phi) is 23.1. The molecule has 0 aromatic rings. The second-order valence-electron chi connectivity index (χ2n) is 9.51. The van der Waals surface area contributed by atoms with Gasteiger partial charge < -0.3 is 10.2 Å². The van der Waals surface area contributed by atoms with Gasteiger partial charge in [-0.2, -0.15) is 11.8 Å². The first-order valence-electron chi connectivity index (χ1n) is 13.5. The van der Waals surface area contributed by atoms with Crippen molar-refractivity contribution in [3.05, 3.63) is 0 Å². The minimum absolute atomic E-state index is 0.158. The lowest BCUT2D eigenvalue weighted by Gasteiger charge is -2.18. The Labute approximate surface area is 198 Å². The van der Waals surface area contributed by atoms with E-state index in [0.29, 0.717) is 24.0 Å². The van der Waals surface area contributed by atoms with Gasteiger partial charge in [-0.25, -0.2) is 0 Å². The van der Waals surface area contributed by atoms with E-state index in [-0.39, 0.29) is 12.7 Å². The minimum Gasteiger partial charge on any atom is -0.396 e. The number of aliphatic hydroxyl groups excluding tert-OH is 2. The highest BCUT2D eigenvalue weighted by molar-refractivity contribution is 7.99. The number of unbranched alkanes of at least 4 members (excludes halogenated alkanes) is 5. The fourth-order valence-electron chi connectivity index (χ4n) is 4.26. The molecule has 3 unspecified atom stereocenters. The number of carbonyl (C=O) groups excluding carboxylic acids is 1. The highest BCUT2D eigenvalue weighted by Gasteiger charge is 2.15. The van der Waals surface area contributed by atoms with Crippen molar-refractivity contribution >= 4 is 17.5 Å². The summed E-state index contributed by atoms with van der Waals surface area (Å²) >= 11 is 1.88. The molecule has 0 aliphatic heterocycles. The number of thioether (sulfide) groups is 1. The summed E-state index contributed by atoms with van der Waals surface area (Å²) in [6.07, 6.45) is 18.3. The first-order valence-corrected chi connectivity index (χ1v) is 14.6. The molecule has 0 radical (unpaired) electrons. The fourth-order valence-corrected chi connectivity index (χ4v) is 5.37. The van der Waals surface area contributed by atoms with Crippen molar-refractivity contribution in [1.29, 1.82) is 0 Å². The molecule has 0 bridgehead atoms. The lowest BCUT2D eigenvalue weighted by atomic mass is 9.89. The van der Waals surface area contributed by atoms with E-state index in [1.807, 2.05) is 11.8 Å². The Hall–Kier alpha value is -0.0600. The van der Waals surface area contributed by atoms with Crippen LogP contribution in [0.5, 0.6) is 0 Å². The van der Waals surface area contributed by atoms with Crippen molar-refractivity contribution in [3.8, 4) is 0 Å². The van der Waals surface area contributed by atoms with Crippen molar-refractivity contribution in [2.24, 2.45) is 11.8 Å². The van der Waals surface area contributed by atoms with Gasteiger partial charge in [-0.05, 0) is 49.7 Å². The molecule has 4 heteroatoms. The van der Waals surface area contributed by atoms with Crippen LogP contribution in [0.4, 0.5) is 0 Å². The van der Waals surface area contributed by atoms with E-state index in [9.17, 15) is 15.0 Å². The van der Waals surface area contributed by atoms with Gasteiger partial charge in [0.2, 0.25) is 0 Å². The third-order valence-corrected chi connectivity index (χ3v) is 7.65. The first-order chi connectivity index (χ1) is 15.1. The molecule has 31 heavy (non-hydrogen) atoms. The highest BCUT2D eigenvalue weighted by atomic mass is 32.2. The predicted molar refractivity (Wildman–Crippen MR) is 138 cm³/mol. The molecule has 0 saturated heterocycles. The molecule has 0 amide bonds. The molecular formula is C27H54O3S. The van der Waals surface area contributed by atoms with Crippen LogP contribution in [0.2, 0.25) is 0 Å². The smallest absolute Gasteiger partial charge is 0.132 e. The maximum absolute atomic E-state index is 12.5. The van der Waals surface area contributed by atoms with Gasteiger partial charge in [-0.15, -0.1) is 0 Å². The summed E-state index contributed by atoms with van der Waals surface area (Å²) in [5.74, 6) is 3.53. The van der Waals surface area contributed by atoms with Gasteiger partial charge in [0.15, 0.2) is 0 Å². The minimum atomic E-state index is -0.158. The van der Waals surface area contributed by atoms with Crippen LogP contribution in [0.15, 0.2) is 0 Å². The molecule has 0 aromatic heterocycles. The van der Waals surface area contributed by atoms with Gasteiger partial charge >= 0.3 is 0 Å². The molecule has 0 aliphatic carbocycles. The van der Waals surface area contributed by atoms with E-state index in [4.69, 9.17) is 0 Å². The number of hydrogen-bond donors (Lipinski definition) is 2. The molecular weight excluding hydrogens is 404 g/mol. The van der Waals surface area contributed by atoms with Crippen LogP contribution in [0.3, 0.4) is 0 Å². The highest BCUT2D eigenvalue weighted by Crippen LogP contribution is 2.24. The Morgan fingerprint density at radius 2 is 1.26 bits per heavy atom. The van der Waals surface area contributed by atoms with Crippen molar-refractivity contribution in [2.75, 3.05) is 18.1 Å². The Bertz CT molecular complexity index is 389. The summed E-state index contributed by atoms with van der Waals surface area (Å²) in [7, 11) is 0. The largest absolute Gasteiger partial charge is 0.396 e. The van der Waals surface area contributed by atoms with Crippen LogP contribution in [-0.4, -0.2) is 40.2 Å². The third-order valence-electron chi connectivity index (χ3n) is 6.50. The zero-order valence-electron chi connectivity index (χ0n) is 21.1. The molecule has 0 heterocycles. The Morgan fingerprint density at radius 3 is 1.77 bits per heavy atom. The van der Waals surface area contributed by atoms with E-state index in [1.54, 1.807) is 0 Å². The number of ketones is 1. The third kappa shape index (κ3) is 20.3. The van der Waals surface area contributed by atoms with Gasteiger partial charge in [0.05, 0.1) is 6.10 Å². The van der Waals surface area contributed by atoms with Crippen LogP contribution in [0, 0.1) is 11.8 Å². The van der Waals surface area contributed by atoms with Gasteiger partial charge in [-0.3, -0.25) is 4.79 Å². The summed E-state index contributed by atoms with van der Waals surface area (Å²) in [4.78, 5) is 12.5. The van der Waals surface area contributed by atoms with E-state index < -0.39 is 0 Å². The topological polar surface area (TPSA) is 57.5 Å². The molecule has 0 saturated carbocycles. The summed E-state index contributed by atoms with van der Waals surface area (Å²) in [6, 6.07) is 0. The average molecular weight is 459 g/mol. The van der Waals surface area contributed by atoms with Crippen molar-refractivity contribution in [1.82, 2.24) is 0 Å². The average Bonchev–Trinajstić information content (AvgIpc) is 2.76. The predicted octanol–water partition coefficient (Wildman–Crippen LogP) is 7.57. The SMILES string of the molecule is CCCCCC(CCO)CCC(=O)CCC(CCCCC)CCSCC(O)CCCC. The van der Waals surface area contributed by atoms with E-state index in [1.165, 1.54) is 51.4 Å². The summed E-state index contributed by atoms with van der Waals surface area (Å²) in [6.45, 7) is 6.88. The lowest BCUT2D eigenvalue weighted by molar-refractivity contribution is -0.119. The standard InChI is InChI=1S/C27H54O3S/c1-4-7-10-12-24(19-21-28)15-17-26(29)18-16-25(13-11-8-5-2)20-22-31-23-27(30)14-9-6-3/h24-25,27-28,30H,4-23H2,1-3H3. The molecule has 0 aliphatic rings. The van der Waals surface area contributed by atoms with Gasteiger partial charge in [-0.1, -0.05) is 85.0 Å². The van der Waals surface area contributed by atoms with E-state index >= 15 is 0 Å². The fraction of sp³-hybridized carbons (Fsp3) is 0.963. The van der Waals surface area contributed by atoms with Crippen molar-refractivity contribution in [3.63, 3.8) is 0 Å². The molecule has 3 atom stereocenters. The monoisotopic (exact) mass is 458 g/mol. The summed E-state index contributed by atoms with van der Waals surface area (Å²) < 4.78 is 0. The normalized spacial score (nSPS) is 14.5. The van der Waals surface area contributed by atoms with Gasteiger partial charge in [0, 0.05) is 25.2 Å². The molecule has 186 valence electrons. The van der Waals surface area contributed by atoms with E-state index in [2.05, 4.69) is 20.8 Å². The maximum Gasteiger partial charge on any atom is 0.132 e. The van der Waals surface area contributed by atoms with E-state index in [0.717, 1.165) is 62.9 Å². The number of hydrogen-bond acceptors (Lipinski definition) is 4. The quantitative estimate of drug-likeness (QED) is 0.146. The van der Waals surface area contributed by atoms with Crippen LogP contribution in [0.25, 0.3) is 0 Å². The Morgan fingerprint density at radius 1 is 0.710 bits per heavy atom. The second kappa shape index (κ2) is 23.1. The molecule has 0 aromatic carbocycles. The molecule has 2 N–H and O–H groups in total. The van der Waals surface area contributed by atoms with Gasteiger partial charge in [0.1, 0.15) is 5.78 Å². The maximum atomic E-state index is 12.5. The zero-order valence-corrected chi connectivity index (χ0v) is 21.9. The molecule has 3 nitrogen and oxygen atoms in total. The van der Waals surface area contributed by atoms with Crippen LogP contribution in [-0.2, 0) is 4.79 Å². The van der Waals surface area contributed by atoms with Crippen LogP contribution < -0.4 is 0 Å². The summed E-state index contributed by atoms with van der Waals surface area (Å²) in [5, 5.41) is 19.3. The Balaban J connectivity index is 4.23. The van der Waals surface area contributed by atoms with Gasteiger partial charge in [0.25, 0.3) is 0 Å². The van der Waals surface area contributed by atoms with Crippen molar-refractivity contribution < 1.29 is 15.0 Å². The molecule has 0 rings (SSSR count). The number of rotatable bonds is 24. The van der Waals surface area contributed by atoms with Crippen molar-refractivity contribution in [2.45, 2.75) is 136 Å². The summed E-state index contributed by atoms with van der Waals surface area (Å²) in [5.41, 5.74) is 0. The number of Topliss-reactive ketones (excluding diaryl/α,β-unsaturated/α-hetero) is 1. The van der Waals surface area contributed by atoms with Crippen LogP contribution in [0.1, 0.15) is 130 Å². The second-order valence-corrected chi connectivity index (χ2v) is 10.7. The first kappa shape index (κ1) is 30.9. The lowest BCUT2D eigenvalue weighted by Crippen LogP contribution is -2.12. The number of aliphatic hydroxyl groups is 2. The van der Waals surface area contributed by atoms with Crippen LogP contribution >= 0.6 is 11.8 Å². The molecule has 0 spiro atoms.